The number of ether oxygens (including phenoxy) is 1. The number of amides is 3. The van der Waals surface area contributed by atoms with E-state index >= 15 is 0 Å². The molecule has 0 fully saturated rings. The molecule has 7 heteroatoms. The number of aryl methyl sites for hydroxylation is 1. The Balaban J connectivity index is 1.50. The van der Waals surface area contributed by atoms with Gasteiger partial charge in [0.25, 0.3) is 0 Å². The lowest BCUT2D eigenvalue weighted by Gasteiger charge is -2.27. The summed E-state index contributed by atoms with van der Waals surface area (Å²) < 4.78 is 5.35. The normalized spacial score (nSPS) is 11.6. The number of aromatic nitrogens is 1. The van der Waals surface area contributed by atoms with Crippen molar-refractivity contribution in [1.82, 2.24) is 15.2 Å². The maximum Gasteiger partial charge on any atom is 0.412 e. The number of carbonyl (C=O) groups excluding carboxylic acids is 2. The van der Waals surface area contributed by atoms with E-state index in [0.717, 1.165) is 21.9 Å². The Kier molecular flexibility index (Phi) is 7.43. The van der Waals surface area contributed by atoms with Crippen LogP contribution in [-0.4, -0.2) is 41.7 Å². The van der Waals surface area contributed by atoms with Gasteiger partial charge < -0.3 is 15.0 Å². The molecule has 0 saturated heterocycles. The fraction of sp³-hybridized carbons (Fsp3) is 0.292. The molecule has 2 aromatic carbocycles. The molecule has 0 aliphatic carbocycles. The predicted molar refractivity (Wildman–Crippen MR) is 122 cm³/mol. The first-order valence-electron chi connectivity index (χ1n) is 10.3. The van der Waals surface area contributed by atoms with Gasteiger partial charge in [0.2, 0.25) is 0 Å². The molecular weight excluding hydrogens is 392 g/mol. The number of likely N-dealkylation sites (N-methyl/N-ethyl adjacent to an activating group) is 1. The van der Waals surface area contributed by atoms with Crippen molar-refractivity contribution in [2.24, 2.45) is 0 Å². The minimum absolute atomic E-state index is 0.0875. The lowest BCUT2D eigenvalue weighted by molar-refractivity contribution is 0.115. The number of rotatable bonds is 7. The van der Waals surface area contributed by atoms with Gasteiger partial charge in [0.15, 0.2) is 0 Å². The molecule has 0 saturated carbocycles. The van der Waals surface area contributed by atoms with E-state index in [1.165, 1.54) is 0 Å². The Morgan fingerprint density at radius 2 is 1.81 bits per heavy atom. The van der Waals surface area contributed by atoms with E-state index in [4.69, 9.17) is 4.74 Å². The number of hydrogen-bond donors (Lipinski definition) is 2. The summed E-state index contributed by atoms with van der Waals surface area (Å²) in [5, 5.41) is 7.53. The number of nitrogens with one attached hydrogen (secondary N) is 2. The second-order valence-electron chi connectivity index (χ2n) is 7.40. The van der Waals surface area contributed by atoms with Crippen molar-refractivity contribution in [2.45, 2.75) is 32.9 Å². The van der Waals surface area contributed by atoms with E-state index in [1.807, 2.05) is 62.4 Å². The van der Waals surface area contributed by atoms with Gasteiger partial charge in [-0.1, -0.05) is 55.5 Å². The van der Waals surface area contributed by atoms with Gasteiger partial charge in [-0.15, -0.1) is 0 Å². The number of pyridine rings is 1. The van der Waals surface area contributed by atoms with Gasteiger partial charge in [-0.25, -0.2) is 14.6 Å². The monoisotopic (exact) mass is 420 g/mol. The number of hydrogen-bond acceptors (Lipinski definition) is 4. The zero-order valence-corrected chi connectivity index (χ0v) is 18.1. The molecular formula is C24H28N4O3. The molecule has 0 unspecified atom stereocenters. The number of carbonyl (C=O) groups is 2. The molecule has 7 nitrogen and oxygen atoms in total. The number of anilines is 1. The Labute approximate surface area is 182 Å². The lowest BCUT2D eigenvalue weighted by Crippen LogP contribution is -2.45. The van der Waals surface area contributed by atoms with Gasteiger partial charge in [-0.05, 0) is 35.9 Å². The van der Waals surface area contributed by atoms with Crippen molar-refractivity contribution < 1.29 is 14.3 Å². The Morgan fingerprint density at radius 1 is 1.10 bits per heavy atom. The molecule has 1 atom stereocenters. The van der Waals surface area contributed by atoms with E-state index in [1.54, 1.807) is 24.2 Å². The summed E-state index contributed by atoms with van der Waals surface area (Å²) in [6, 6.07) is 17.0. The van der Waals surface area contributed by atoms with Crippen LogP contribution >= 0.6 is 0 Å². The van der Waals surface area contributed by atoms with E-state index in [-0.39, 0.29) is 18.7 Å². The van der Waals surface area contributed by atoms with Crippen LogP contribution in [0.5, 0.6) is 0 Å². The number of fused-ring (bicyclic) bond motifs is 1. The zero-order valence-electron chi connectivity index (χ0n) is 18.1. The first kappa shape index (κ1) is 22.1. The molecule has 162 valence electrons. The highest BCUT2D eigenvalue weighted by atomic mass is 16.5. The largest absolute Gasteiger partial charge is 0.447 e. The number of nitrogens with zero attached hydrogens (tertiary/aromatic N) is 2. The van der Waals surface area contributed by atoms with Crippen molar-refractivity contribution in [2.75, 3.05) is 19.0 Å². The van der Waals surface area contributed by atoms with Gasteiger partial charge >= 0.3 is 12.1 Å². The van der Waals surface area contributed by atoms with Gasteiger partial charge in [0, 0.05) is 25.2 Å². The summed E-state index contributed by atoms with van der Waals surface area (Å²) in [4.78, 5) is 30.6. The van der Waals surface area contributed by atoms with Crippen molar-refractivity contribution in [3.8, 4) is 0 Å². The smallest absolute Gasteiger partial charge is 0.412 e. The molecule has 31 heavy (non-hydrogen) atoms. The Hall–Kier alpha value is -3.61. The average molecular weight is 421 g/mol. The van der Waals surface area contributed by atoms with Crippen LogP contribution in [-0.2, 0) is 11.3 Å². The van der Waals surface area contributed by atoms with E-state index in [2.05, 4.69) is 15.6 Å². The predicted octanol–water partition coefficient (Wildman–Crippen LogP) is 4.71. The molecule has 0 radical (unpaired) electrons. The van der Waals surface area contributed by atoms with Crippen LogP contribution in [0.4, 0.5) is 15.4 Å². The van der Waals surface area contributed by atoms with E-state index in [0.29, 0.717) is 18.8 Å². The summed E-state index contributed by atoms with van der Waals surface area (Å²) in [6.07, 6.45) is 1.75. The highest BCUT2D eigenvalue weighted by Crippen LogP contribution is 2.16. The number of urea groups is 1. The van der Waals surface area contributed by atoms with Crippen LogP contribution in [0.2, 0.25) is 0 Å². The van der Waals surface area contributed by atoms with Crippen LogP contribution in [0.1, 0.15) is 24.5 Å². The fourth-order valence-corrected chi connectivity index (χ4v) is 3.24. The Bertz CT molecular complexity index is 1050. The van der Waals surface area contributed by atoms with Gasteiger partial charge in [0.1, 0.15) is 12.4 Å². The third-order valence-electron chi connectivity index (χ3n) is 5.30. The summed E-state index contributed by atoms with van der Waals surface area (Å²) >= 11 is 0. The third-order valence-corrected chi connectivity index (χ3v) is 5.30. The van der Waals surface area contributed by atoms with Crippen LogP contribution in [0.3, 0.4) is 0 Å². The fourth-order valence-electron chi connectivity index (χ4n) is 3.24. The minimum atomic E-state index is -0.602. The quantitative estimate of drug-likeness (QED) is 0.580. The van der Waals surface area contributed by atoms with Crippen molar-refractivity contribution in [3.05, 3.63) is 71.9 Å². The van der Waals surface area contributed by atoms with Crippen molar-refractivity contribution in [3.63, 3.8) is 0 Å². The second kappa shape index (κ2) is 10.4. The maximum absolute atomic E-state index is 12.5. The van der Waals surface area contributed by atoms with Crippen molar-refractivity contribution in [1.29, 1.82) is 0 Å². The first-order valence-corrected chi connectivity index (χ1v) is 10.3. The summed E-state index contributed by atoms with van der Waals surface area (Å²) in [6.45, 7) is 4.49. The molecule has 3 amide bonds. The third kappa shape index (κ3) is 5.94. The van der Waals surface area contributed by atoms with Crippen LogP contribution in [0.25, 0.3) is 10.8 Å². The summed E-state index contributed by atoms with van der Waals surface area (Å²) in [7, 11) is 1.70. The summed E-state index contributed by atoms with van der Waals surface area (Å²) in [5.41, 5.74) is 2.19. The summed E-state index contributed by atoms with van der Waals surface area (Å²) in [5.74, 6) is 0.418. The highest BCUT2D eigenvalue weighted by Gasteiger charge is 2.20. The van der Waals surface area contributed by atoms with Crippen molar-refractivity contribution >= 4 is 28.7 Å². The SMILES string of the molecule is CC[C@@H](COC(=O)Nc1cc2ccccc2cn1)N(C)C(=O)NCc1ccccc1C. The maximum atomic E-state index is 12.5. The Morgan fingerprint density at radius 3 is 2.55 bits per heavy atom. The lowest BCUT2D eigenvalue weighted by atomic mass is 10.1. The van der Waals surface area contributed by atoms with Gasteiger partial charge in [-0.2, -0.15) is 0 Å². The van der Waals surface area contributed by atoms with E-state index < -0.39 is 6.09 Å². The molecule has 1 heterocycles. The molecule has 1 aromatic heterocycles. The van der Waals surface area contributed by atoms with Gasteiger partial charge in [0.05, 0.1) is 6.04 Å². The zero-order chi connectivity index (χ0) is 22.2. The topological polar surface area (TPSA) is 83.6 Å². The molecule has 0 aliphatic heterocycles. The minimum Gasteiger partial charge on any atom is -0.447 e. The molecule has 3 rings (SSSR count). The van der Waals surface area contributed by atoms with Gasteiger partial charge in [-0.3, -0.25) is 5.32 Å². The molecule has 0 aliphatic rings. The highest BCUT2D eigenvalue weighted by molar-refractivity contribution is 5.89. The van der Waals surface area contributed by atoms with Crippen LogP contribution in [0, 0.1) is 6.92 Å². The van der Waals surface area contributed by atoms with Crippen LogP contribution in [0.15, 0.2) is 60.8 Å². The molecule has 3 aromatic rings. The van der Waals surface area contributed by atoms with E-state index in [9.17, 15) is 9.59 Å². The average Bonchev–Trinajstić information content (AvgIpc) is 2.78. The molecule has 0 bridgehead atoms. The standard InChI is InChI=1S/C24H28N4O3/c1-4-21(28(3)23(29)26-14-19-11-6-5-9-17(19)2)16-31-24(30)27-22-13-18-10-7-8-12-20(18)15-25-22/h5-13,15,21H,4,14,16H2,1-3H3,(H,26,29)(H,25,27,30)/t21-/m0/s1. The van der Waals surface area contributed by atoms with Crippen LogP contribution < -0.4 is 10.6 Å². The molecule has 2 N–H and O–H groups in total. The second-order valence-corrected chi connectivity index (χ2v) is 7.40. The first-order chi connectivity index (χ1) is 15.0. The molecule has 0 spiro atoms. The number of benzene rings is 2.